The average Bonchev–Trinajstić information content (AvgIpc) is 3.19. The van der Waals surface area contributed by atoms with Gasteiger partial charge in [-0.05, 0) is 36.2 Å². The SMILES string of the molecule is O=C(COC(=O)c1cnn(-c2ccccc2)n1)NCCc1ccc(F)cc1. The van der Waals surface area contributed by atoms with Crippen LogP contribution in [0.1, 0.15) is 16.1 Å². The minimum absolute atomic E-state index is 0.0120. The van der Waals surface area contributed by atoms with Crippen LogP contribution in [-0.4, -0.2) is 40.0 Å². The van der Waals surface area contributed by atoms with Crippen molar-refractivity contribution in [3.05, 3.63) is 77.9 Å². The molecule has 3 rings (SSSR count). The molecule has 3 aromatic rings. The fourth-order valence-electron chi connectivity index (χ4n) is 2.30. The standard InChI is InChI=1S/C19H17FN4O3/c20-15-8-6-14(7-9-15)10-11-21-18(25)13-27-19(26)17-12-22-24(23-17)16-4-2-1-3-5-16/h1-9,12H,10-11,13H2,(H,21,25). The van der Waals surface area contributed by atoms with E-state index in [9.17, 15) is 14.0 Å². The van der Waals surface area contributed by atoms with E-state index in [-0.39, 0.29) is 11.5 Å². The molecular weight excluding hydrogens is 351 g/mol. The lowest BCUT2D eigenvalue weighted by molar-refractivity contribution is -0.124. The molecule has 0 saturated carbocycles. The second-order valence-electron chi connectivity index (χ2n) is 5.66. The van der Waals surface area contributed by atoms with Crippen LogP contribution in [0.2, 0.25) is 0 Å². The van der Waals surface area contributed by atoms with Gasteiger partial charge in [-0.3, -0.25) is 4.79 Å². The first-order valence-corrected chi connectivity index (χ1v) is 8.28. The van der Waals surface area contributed by atoms with Crippen molar-refractivity contribution in [3.63, 3.8) is 0 Å². The summed E-state index contributed by atoms with van der Waals surface area (Å²) in [6, 6.07) is 15.1. The number of aromatic nitrogens is 3. The number of nitrogens with zero attached hydrogens (tertiary/aromatic N) is 3. The largest absolute Gasteiger partial charge is 0.451 e. The topological polar surface area (TPSA) is 86.1 Å². The number of carbonyl (C=O) groups is 2. The van der Waals surface area contributed by atoms with Gasteiger partial charge in [0.2, 0.25) is 0 Å². The van der Waals surface area contributed by atoms with E-state index >= 15 is 0 Å². The first-order chi connectivity index (χ1) is 13.1. The second-order valence-corrected chi connectivity index (χ2v) is 5.66. The molecule has 0 aliphatic rings. The van der Waals surface area contributed by atoms with Crippen LogP contribution in [-0.2, 0) is 16.0 Å². The molecule has 2 aromatic carbocycles. The molecule has 0 unspecified atom stereocenters. The Morgan fingerprint density at radius 1 is 1.07 bits per heavy atom. The molecule has 1 aromatic heterocycles. The highest BCUT2D eigenvalue weighted by Gasteiger charge is 2.14. The normalized spacial score (nSPS) is 10.4. The fourth-order valence-corrected chi connectivity index (χ4v) is 2.30. The molecule has 0 spiro atoms. The van der Waals surface area contributed by atoms with Crippen LogP contribution >= 0.6 is 0 Å². The maximum atomic E-state index is 12.8. The van der Waals surface area contributed by atoms with Gasteiger partial charge in [-0.1, -0.05) is 30.3 Å². The van der Waals surface area contributed by atoms with Crippen molar-refractivity contribution in [1.29, 1.82) is 0 Å². The summed E-state index contributed by atoms with van der Waals surface area (Å²) in [4.78, 5) is 25.0. The molecule has 8 heteroatoms. The summed E-state index contributed by atoms with van der Waals surface area (Å²) < 4.78 is 17.8. The number of esters is 1. The van der Waals surface area contributed by atoms with E-state index < -0.39 is 18.5 Å². The van der Waals surface area contributed by atoms with E-state index in [2.05, 4.69) is 15.5 Å². The van der Waals surface area contributed by atoms with Gasteiger partial charge < -0.3 is 10.1 Å². The Bertz CT molecular complexity index is 910. The van der Waals surface area contributed by atoms with E-state index in [1.54, 1.807) is 24.3 Å². The van der Waals surface area contributed by atoms with Gasteiger partial charge in [0.1, 0.15) is 5.82 Å². The number of amides is 1. The van der Waals surface area contributed by atoms with Crippen LogP contribution < -0.4 is 5.32 Å². The molecule has 1 amide bonds. The molecule has 1 N–H and O–H groups in total. The van der Waals surface area contributed by atoms with Gasteiger partial charge in [-0.15, -0.1) is 5.10 Å². The minimum atomic E-state index is -0.731. The third-order valence-corrected chi connectivity index (χ3v) is 3.67. The zero-order valence-electron chi connectivity index (χ0n) is 14.3. The summed E-state index contributed by atoms with van der Waals surface area (Å²) in [5, 5.41) is 10.7. The van der Waals surface area contributed by atoms with Crippen LogP contribution in [0.3, 0.4) is 0 Å². The summed E-state index contributed by atoms with van der Waals surface area (Å²) in [5.74, 6) is -1.47. The van der Waals surface area contributed by atoms with Crippen LogP contribution in [0.5, 0.6) is 0 Å². The molecule has 1 heterocycles. The highest BCUT2D eigenvalue weighted by atomic mass is 19.1. The molecule has 27 heavy (non-hydrogen) atoms. The second kappa shape index (κ2) is 8.70. The lowest BCUT2D eigenvalue weighted by Crippen LogP contribution is -2.30. The maximum Gasteiger partial charge on any atom is 0.361 e. The van der Waals surface area contributed by atoms with Gasteiger partial charge in [0.15, 0.2) is 12.3 Å². The Morgan fingerprint density at radius 2 is 1.81 bits per heavy atom. The fraction of sp³-hybridized carbons (Fsp3) is 0.158. The molecule has 0 saturated heterocycles. The van der Waals surface area contributed by atoms with Crippen molar-refractivity contribution in [3.8, 4) is 5.69 Å². The highest BCUT2D eigenvalue weighted by molar-refractivity contribution is 5.89. The summed E-state index contributed by atoms with van der Waals surface area (Å²) in [6.07, 6.45) is 1.83. The Hall–Kier alpha value is -3.55. The molecule has 7 nitrogen and oxygen atoms in total. The van der Waals surface area contributed by atoms with Crippen molar-refractivity contribution in [2.45, 2.75) is 6.42 Å². The minimum Gasteiger partial charge on any atom is -0.451 e. The number of halogens is 1. The van der Waals surface area contributed by atoms with Gasteiger partial charge in [0.25, 0.3) is 5.91 Å². The van der Waals surface area contributed by atoms with Gasteiger partial charge in [0, 0.05) is 6.54 Å². The quantitative estimate of drug-likeness (QED) is 0.644. The monoisotopic (exact) mass is 368 g/mol. The lowest BCUT2D eigenvalue weighted by Gasteiger charge is -2.06. The molecule has 0 fully saturated rings. The molecule has 0 aliphatic heterocycles. The van der Waals surface area contributed by atoms with Crippen molar-refractivity contribution in [2.24, 2.45) is 0 Å². The van der Waals surface area contributed by atoms with Crippen LogP contribution in [0.4, 0.5) is 4.39 Å². The van der Waals surface area contributed by atoms with E-state index in [1.165, 1.54) is 23.1 Å². The van der Waals surface area contributed by atoms with Crippen molar-refractivity contribution < 1.29 is 18.7 Å². The molecule has 0 radical (unpaired) electrons. The number of ether oxygens (including phenoxy) is 1. The zero-order valence-corrected chi connectivity index (χ0v) is 14.3. The highest BCUT2D eigenvalue weighted by Crippen LogP contribution is 2.05. The number of rotatable bonds is 7. The number of nitrogens with one attached hydrogen (secondary N) is 1. The van der Waals surface area contributed by atoms with Gasteiger partial charge in [0.05, 0.1) is 11.9 Å². The van der Waals surface area contributed by atoms with Crippen LogP contribution in [0.25, 0.3) is 5.69 Å². The van der Waals surface area contributed by atoms with Gasteiger partial charge in [-0.2, -0.15) is 9.90 Å². The van der Waals surface area contributed by atoms with E-state index in [4.69, 9.17) is 4.74 Å². The Labute approximate surface area is 154 Å². The van der Waals surface area contributed by atoms with E-state index in [1.807, 2.05) is 18.2 Å². The van der Waals surface area contributed by atoms with Crippen LogP contribution in [0, 0.1) is 5.82 Å². The van der Waals surface area contributed by atoms with Gasteiger partial charge in [-0.25, -0.2) is 9.18 Å². The van der Waals surface area contributed by atoms with Gasteiger partial charge >= 0.3 is 5.97 Å². The number of para-hydroxylation sites is 1. The Kier molecular flexibility index (Phi) is 5.88. The number of hydrogen-bond donors (Lipinski definition) is 1. The predicted molar refractivity (Wildman–Crippen MR) is 94.8 cm³/mol. The lowest BCUT2D eigenvalue weighted by atomic mass is 10.1. The Morgan fingerprint density at radius 3 is 2.56 bits per heavy atom. The smallest absolute Gasteiger partial charge is 0.361 e. The van der Waals surface area contributed by atoms with Crippen molar-refractivity contribution in [2.75, 3.05) is 13.2 Å². The van der Waals surface area contributed by atoms with E-state index in [0.29, 0.717) is 18.7 Å². The first kappa shape index (κ1) is 18.2. The number of carbonyl (C=O) groups excluding carboxylic acids is 2. The third kappa shape index (κ3) is 5.21. The zero-order chi connectivity index (χ0) is 19.1. The Balaban J connectivity index is 1.43. The molecular formula is C19H17FN4O3. The van der Waals surface area contributed by atoms with Crippen LogP contribution in [0.15, 0.2) is 60.8 Å². The first-order valence-electron chi connectivity index (χ1n) is 8.28. The molecule has 138 valence electrons. The summed E-state index contributed by atoms with van der Waals surface area (Å²) in [6.45, 7) is -0.0628. The predicted octanol–water partition coefficient (Wildman–Crippen LogP) is 1.92. The number of benzene rings is 2. The van der Waals surface area contributed by atoms with Crippen molar-refractivity contribution >= 4 is 11.9 Å². The number of hydrogen-bond acceptors (Lipinski definition) is 5. The van der Waals surface area contributed by atoms with Crippen molar-refractivity contribution in [1.82, 2.24) is 20.3 Å². The summed E-state index contributed by atoms with van der Waals surface area (Å²) in [7, 11) is 0. The third-order valence-electron chi connectivity index (χ3n) is 3.67. The average molecular weight is 368 g/mol. The summed E-state index contributed by atoms with van der Waals surface area (Å²) in [5.41, 5.74) is 1.61. The molecule has 0 atom stereocenters. The molecule has 0 bridgehead atoms. The summed E-state index contributed by atoms with van der Waals surface area (Å²) >= 11 is 0. The molecule has 0 aliphatic carbocycles. The van der Waals surface area contributed by atoms with E-state index in [0.717, 1.165) is 5.56 Å². The maximum absolute atomic E-state index is 12.8.